The van der Waals surface area contributed by atoms with Crippen molar-refractivity contribution in [1.29, 1.82) is 0 Å². The lowest BCUT2D eigenvalue weighted by atomic mass is 9.80. The number of ketones is 1. The molecule has 1 aromatic rings. The number of methoxy groups -OCH3 is 2. The molecule has 2 aliphatic rings. The lowest BCUT2D eigenvalue weighted by molar-refractivity contribution is -0.120. The molecule has 0 amide bonds. The Kier molecular flexibility index (Phi) is 12.9. The van der Waals surface area contributed by atoms with E-state index in [2.05, 4.69) is 19.9 Å². The molecule has 3 rings (SSSR count). The lowest BCUT2D eigenvalue weighted by Gasteiger charge is -2.29. The Hall–Kier alpha value is -1.97. The van der Waals surface area contributed by atoms with E-state index in [-0.39, 0.29) is 41.7 Å². The number of ether oxygens (including phenoxy) is 5. The van der Waals surface area contributed by atoms with Gasteiger partial charge < -0.3 is 34.5 Å². The maximum Gasteiger partial charge on any atom is 0.161 e. The van der Waals surface area contributed by atoms with Crippen LogP contribution in [0.5, 0.6) is 11.5 Å². The second kappa shape index (κ2) is 15.9. The van der Waals surface area contributed by atoms with Gasteiger partial charge in [-0.15, -0.1) is 0 Å². The topological polar surface area (TPSA) is 109 Å². The fourth-order valence-corrected chi connectivity index (χ4v) is 5.51. The number of hydrogen-bond acceptors (Lipinski definition) is 8. The second-order valence-electron chi connectivity index (χ2n) is 12.0. The monoisotopic (exact) mass is 561 g/mol. The van der Waals surface area contributed by atoms with Crippen molar-refractivity contribution in [2.24, 2.45) is 35.3 Å². The first kappa shape index (κ1) is 32.5. The third-order valence-electron chi connectivity index (χ3n) is 8.28. The van der Waals surface area contributed by atoms with Crippen molar-refractivity contribution >= 4 is 5.78 Å². The van der Waals surface area contributed by atoms with Gasteiger partial charge >= 0.3 is 0 Å². The Morgan fingerprint density at radius 3 is 2.35 bits per heavy atom. The van der Waals surface area contributed by atoms with E-state index in [1.807, 2.05) is 32.1 Å². The van der Waals surface area contributed by atoms with E-state index in [1.165, 1.54) is 0 Å². The molecule has 8 heteroatoms. The summed E-state index contributed by atoms with van der Waals surface area (Å²) >= 11 is 0. The van der Waals surface area contributed by atoms with Crippen LogP contribution in [-0.4, -0.2) is 75.9 Å². The van der Waals surface area contributed by atoms with E-state index in [1.54, 1.807) is 20.3 Å². The van der Waals surface area contributed by atoms with Gasteiger partial charge in [0.15, 0.2) is 17.3 Å². The van der Waals surface area contributed by atoms with Gasteiger partial charge in [-0.1, -0.05) is 39.8 Å². The Labute approximate surface area is 240 Å². The van der Waals surface area contributed by atoms with Gasteiger partial charge in [-0.2, -0.15) is 0 Å². The number of fused-ring (bicyclic) bond motifs is 1. The molecule has 3 N–H and O–H groups in total. The highest BCUT2D eigenvalue weighted by Crippen LogP contribution is 2.41. The lowest BCUT2D eigenvalue weighted by Crippen LogP contribution is -2.40. The Bertz CT molecular complexity index is 937. The molecule has 1 heterocycles. The van der Waals surface area contributed by atoms with E-state index in [0.717, 1.165) is 24.2 Å². The van der Waals surface area contributed by atoms with Crippen LogP contribution < -0.4 is 15.2 Å². The van der Waals surface area contributed by atoms with Gasteiger partial charge in [0.05, 0.1) is 45.2 Å². The van der Waals surface area contributed by atoms with Crippen molar-refractivity contribution in [3.8, 4) is 11.5 Å². The minimum absolute atomic E-state index is 0.0292. The maximum absolute atomic E-state index is 13.1. The Morgan fingerprint density at radius 2 is 1.75 bits per heavy atom. The van der Waals surface area contributed by atoms with Crippen LogP contribution in [0.25, 0.3) is 0 Å². The van der Waals surface area contributed by atoms with Crippen LogP contribution >= 0.6 is 0 Å². The Balaban J connectivity index is 1.57. The van der Waals surface area contributed by atoms with Crippen LogP contribution in [0.15, 0.2) is 30.4 Å². The molecule has 226 valence electrons. The van der Waals surface area contributed by atoms with Crippen LogP contribution in [0.2, 0.25) is 0 Å². The minimum Gasteiger partial charge on any atom is -0.493 e. The average Bonchev–Trinajstić information content (AvgIpc) is 3.65. The highest BCUT2D eigenvalue weighted by atomic mass is 16.6. The van der Waals surface area contributed by atoms with Gasteiger partial charge in [-0.3, -0.25) is 4.79 Å². The third-order valence-corrected chi connectivity index (χ3v) is 8.28. The van der Waals surface area contributed by atoms with Gasteiger partial charge in [0, 0.05) is 38.0 Å². The molecule has 1 aliphatic heterocycles. The number of carbonyl (C=O) groups is 1. The van der Waals surface area contributed by atoms with Crippen molar-refractivity contribution in [3.05, 3.63) is 35.9 Å². The molecular formula is C32H51NO7. The molecule has 7 atom stereocenters. The first-order chi connectivity index (χ1) is 19.2. The van der Waals surface area contributed by atoms with Crippen LogP contribution in [0.3, 0.4) is 0 Å². The molecule has 0 bridgehead atoms. The van der Waals surface area contributed by atoms with Crippen molar-refractivity contribution in [2.45, 2.75) is 77.7 Å². The predicted octanol–water partition coefficient (Wildman–Crippen LogP) is 4.20. The van der Waals surface area contributed by atoms with Crippen molar-refractivity contribution in [3.63, 3.8) is 0 Å². The molecule has 1 aromatic carbocycles. The van der Waals surface area contributed by atoms with E-state index in [9.17, 15) is 9.90 Å². The van der Waals surface area contributed by atoms with Gasteiger partial charge in [0.2, 0.25) is 0 Å². The molecule has 40 heavy (non-hydrogen) atoms. The van der Waals surface area contributed by atoms with E-state index in [0.29, 0.717) is 50.9 Å². The summed E-state index contributed by atoms with van der Waals surface area (Å²) in [6.07, 6.45) is 5.57. The zero-order valence-corrected chi connectivity index (χ0v) is 25.2. The fourth-order valence-electron chi connectivity index (χ4n) is 5.51. The van der Waals surface area contributed by atoms with Gasteiger partial charge in [-0.05, 0) is 60.8 Å². The summed E-state index contributed by atoms with van der Waals surface area (Å²) in [5.74, 6) is 2.02. The third kappa shape index (κ3) is 9.28. The summed E-state index contributed by atoms with van der Waals surface area (Å²) in [7, 11) is 3.32. The number of aliphatic hydroxyl groups is 1. The maximum atomic E-state index is 13.1. The summed E-state index contributed by atoms with van der Waals surface area (Å²) < 4.78 is 27.9. The first-order valence-corrected chi connectivity index (χ1v) is 14.8. The molecule has 8 nitrogen and oxygen atoms in total. The van der Waals surface area contributed by atoms with Crippen molar-refractivity contribution in [2.75, 3.05) is 40.6 Å². The van der Waals surface area contributed by atoms with Gasteiger partial charge in [0.1, 0.15) is 0 Å². The largest absolute Gasteiger partial charge is 0.493 e. The molecule has 0 spiro atoms. The first-order valence-electron chi connectivity index (χ1n) is 14.8. The average molecular weight is 562 g/mol. The van der Waals surface area contributed by atoms with Crippen LogP contribution in [0, 0.1) is 29.6 Å². The highest BCUT2D eigenvalue weighted by molar-refractivity contribution is 5.92. The number of allylic oxidation sites excluding steroid dienone is 1. The quantitative estimate of drug-likeness (QED) is 0.203. The van der Waals surface area contributed by atoms with Gasteiger partial charge in [-0.25, -0.2) is 0 Å². The summed E-state index contributed by atoms with van der Waals surface area (Å²) in [6, 6.07) is 5.61. The minimum atomic E-state index is -0.767. The van der Waals surface area contributed by atoms with Crippen molar-refractivity contribution in [1.82, 2.24) is 0 Å². The van der Waals surface area contributed by atoms with Crippen molar-refractivity contribution < 1.29 is 33.6 Å². The highest BCUT2D eigenvalue weighted by Gasteiger charge is 2.53. The molecule has 1 unspecified atom stereocenters. The van der Waals surface area contributed by atoms with Crippen LogP contribution in [0.4, 0.5) is 0 Å². The number of rotatable bonds is 18. The molecule has 1 saturated carbocycles. The standard InChI is InChI=1S/C32H51NO7/c1-20(2)23(16-22-8-11-29(37-6)30(17-22)38-13-7-12-36-5)18-26(33)28(35)19-25(21(3)4)27(34)10-9-24-31-32(24)40-15-14-39-31/h8-11,17,20-21,23-26,28,31-32,35H,7,12-16,18-19,33H2,1-6H3/t23-,24?,25-,26-,28-,31-,32+/m0/s1. The summed E-state index contributed by atoms with van der Waals surface area (Å²) in [5.41, 5.74) is 7.71. The second-order valence-corrected chi connectivity index (χ2v) is 12.0. The molecule has 0 aromatic heterocycles. The predicted molar refractivity (Wildman–Crippen MR) is 156 cm³/mol. The number of benzene rings is 1. The molecular weight excluding hydrogens is 510 g/mol. The molecule has 2 fully saturated rings. The Morgan fingerprint density at radius 1 is 1.05 bits per heavy atom. The smallest absolute Gasteiger partial charge is 0.161 e. The zero-order chi connectivity index (χ0) is 29.2. The molecule has 1 aliphatic carbocycles. The zero-order valence-electron chi connectivity index (χ0n) is 25.2. The number of aliphatic hydroxyl groups excluding tert-OH is 1. The number of hydrogen-bond donors (Lipinski definition) is 2. The number of nitrogens with two attached hydrogens (primary N) is 1. The van der Waals surface area contributed by atoms with E-state index in [4.69, 9.17) is 29.4 Å². The molecule has 1 saturated heterocycles. The number of carbonyl (C=O) groups excluding carboxylic acids is 1. The summed E-state index contributed by atoms with van der Waals surface area (Å²) in [4.78, 5) is 13.1. The van der Waals surface area contributed by atoms with Gasteiger partial charge in [0.25, 0.3) is 0 Å². The fraction of sp³-hybridized carbons (Fsp3) is 0.719. The van der Waals surface area contributed by atoms with E-state index < -0.39 is 12.1 Å². The molecule has 0 radical (unpaired) electrons. The van der Waals surface area contributed by atoms with E-state index >= 15 is 0 Å². The summed E-state index contributed by atoms with van der Waals surface area (Å²) in [5, 5.41) is 11.1. The van der Waals surface area contributed by atoms with Crippen LogP contribution in [0.1, 0.15) is 52.5 Å². The summed E-state index contributed by atoms with van der Waals surface area (Å²) in [6.45, 7) is 10.8. The normalized spacial score (nSPS) is 23.6. The van der Waals surface area contributed by atoms with Crippen LogP contribution in [-0.2, 0) is 25.4 Å². The SMILES string of the molecule is COCCCOc1cc(C[C@@H](C[C@H](N)[C@@H](O)C[C@H](C(=O)C=CC2[C@H]3OCCO[C@@H]23)C(C)C)C(C)C)ccc1OC.